The monoisotopic (exact) mass is 296 g/mol. The van der Waals surface area contributed by atoms with E-state index in [0.29, 0.717) is 29.4 Å². The van der Waals surface area contributed by atoms with Crippen LogP contribution in [0.4, 0.5) is 5.69 Å². The molecule has 1 aromatic heterocycles. The van der Waals surface area contributed by atoms with Gasteiger partial charge >= 0.3 is 0 Å². The van der Waals surface area contributed by atoms with E-state index >= 15 is 0 Å². The Balaban J connectivity index is 1.91. The lowest BCUT2D eigenvalue weighted by Crippen LogP contribution is -2.36. The van der Waals surface area contributed by atoms with Gasteiger partial charge in [-0.2, -0.15) is 5.10 Å². The van der Waals surface area contributed by atoms with E-state index in [1.165, 1.54) is 4.68 Å². The van der Waals surface area contributed by atoms with E-state index in [1.54, 1.807) is 6.20 Å². The third-order valence-corrected chi connectivity index (χ3v) is 4.61. The van der Waals surface area contributed by atoms with Gasteiger partial charge in [0.2, 0.25) is 0 Å². The topological polar surface area (TPSA) is 50.2 Å². The first-order chi connectivity index (χ1) is 9.58. The molecule has 110 valence electrons. The van der Waals surface area contributed by atoms with Crippen LogP contribution in [-0.4, -0.2) is 35.5 Å². The van der Waals surface area contributed by atoms with Gasteiger partial charge in [-0.1, -0.05) is 25.4 Å². The van der Waals surface area contributed by atoms with Crippen LogP contribution in [0, 0.1) is 11.8 Å². The van der Waals surface area contributed by atoms with Crippen molar-refractivity contribution in [3.8, 4) is 0 Å². The van der Waals surface area contributed by atoms with E-state index < -0.39 is 0 Å². The van der Waals surface area contributed by atoms with Gasteiger partial charge in [0.15, 0.2) is 0 Å². The summed E-state index contributed by atoms with van der Waals surface area (Å²) in [6.07, 6.45) is 2.91. The first-order valence-electron chi connectivity index (χ1n) is 7.31. The molecule has 0 radical (unpaired) electrons. The van der Waals surface area contributed by atoms with Crippen molar-refractivity contribution in [1.82, 2.24) is 15.1 Å². The fourth-order valence-electron chi connectivity index (χ4n) is 3.28. The summed E-state index contributed by atoms with van der Waals surface area (Å²) in [5.74, 6) is 1.04. The minimum atomic E-state index is -0.174. The van der Waals surface area contributed by atoms with E-state index in [1.807, 2.05) is 0 Å². The molecule has 0 saturated carbocycles. The Kier molecular flexibility index (Phi) is 3.73. The molecule has 3 rings (SSSR count). The van der Waals surface area contributed by atoms with Crippen LogP contribution in [0.2, 0.25) is 5.02 Å². The Morgan fingerprint density at radius 2 is 2.30 bits per heavy atom. The molecule has 0 spiro atoms. The van der Waals surface area contributed by atoms with Crippen LogP contribution in [0.25, 0.3) is 0 Å². The second-order valence-electron chi connectivity index (χ2n) is 6.19. The predicted molar refractivity (Wildman–Crippen MR) is 80.5 cm³/mol. The average molecular weight is 297 g/mol. The van der Waals surface area contributed by atoms with Crippen LogP contribution in [0.15, 0.2) is 11.0 Å². The van der Waals surface area contributed by atoms with Crippen molar-refractivity contribution in [3.05, 3.63) is 21.6 Å². The van der Waals surface area contributed by atoms with Crippen molar-refractivity contribution < 1.29 is 0 Å². The van der Waals surface area contributed by atoms with Crippen LogP contribution < -0.4 is 15.8 Å². The maximum atomic E-state index is 12.3. The number of halogens is 1. The number of anilines is 1. The predicted octanol–water partition coefficient (Wildman–Crippen LogP) is 1.35. The Morgan fingerprint density at radius 3 is 3.05 bits per heavy atom. The van der Waals surface area contributed by atoms with Crippen molar-refractivity contribution in [2.24, 2.45) is 11.8 Å². The molecule has 2 aliphatic rings. The molecule has 2 saturated heterocycles. The standard InChI is InChI=1S/C14H21ClN4O/c1-9(2)8-19-14(20)13(15)12(7-17-19)18-4-3-10-5-16-6-11(10)18/h7,9-11,16H,3-6,8H2,1-2H3/t10-,11+/m0/s1. The zero-order chi connectivity index (χ0) is 14.3. The quantitative estimate of drug-likeness (QED) is 0.915. The molecule has 20 heavy (non-hydrogen) atoms. The van der Waals surface area contributed by atoms with E-state index in [4.69, 9.17) is 11.6 Å². The molecular weight excluding hydrogens is 276 g/mol. The summed E-state index contributed by atoms with van der Waals surface area (Å²) in [7, 11) is 0. The zero-order valence-corrected chi connectivity index (χ0v) is 12.7. The van der Waals surface area contributed by atoms with Gasteiger partial charge in [0.1, 0.15) is 5.02 Å². The summed E-state index contributed by atoms with van der Waals surface area (Å²) in [5.41, 5.74) is 0.625. The van der Waals surface area contributed by atoms with Gasteiger partial charge in [0, 0.05) is 32.2 Å². The summed E-state index contributed by atoms with van der Waals surface area (Å²) in [4.78, 5) is 14.6. The normalized spacial score (nSPS) is 25.5. The summed E-state index contributed by atoms with van der Waals surface area (Å²) in [6, 6.07) is 0.453. The molecule has 0 unspecified atom stereocenters. The fourth-order valence-corrected chi connectivity index (χ4v) is 3.54. The van der Waals surface area contributed by atoms with Crippen molar-refractivity contribution in [2.45, 2.75) is 32.9 Å². The van der Waals surface area contributed by atoms with E-state index in [0.717, 1.165) is 31.7 Å². The Hall–Kier alpha value is -1.07. The third kappa shape index (κ3) is 2.33. The minimum Gasteiger partial charge on any atom is -0.364 e. The molecule has 0 amide bonds. The van der Waals surface area contributed by atoms with E-state index in [-0.39, 0.29) is 5.56 Å². The highest BCUT2D eigenvalue weighted by Crippen LogP contribution is 2.34. The first-order valence-corrected chi connectivity index (χ1v) is 7.68. The number of nitrogens with one attached hydrogen (secondary N) is 1. The van der Waals surface area contributed by atoms with Gasteiger partial charge in [0.25, 0.3) is 5.56 Å². The van der Waals surface area contributed by atoms with Crippen LogP contribution in [0.1, 0.15) is 20.3 Å². The highest BCUT2D eigenvalue weighted by molar-refractivity contribution is 6.33. The highest BCUT2D eigenvalue weighted by Gasteiger charge is 2.38. The number of rotatable bonds is 3. The molecule has 0 aromatic carbocycles. The largest absolute Gasteiger partial charge is 0.364 e. The molecule has 1 aromatic rings. The van der Waals surface area contributed by atoms with Crippen molar-refractivity contribution in [1.29, 1.82) is 0 Å². The number of fused-ring (bicyclic) bond motifs is 1. The van der Waals surface area contributed by atoms with Crippen LogP contribution in [0.5, 0.6) is 0 Å². The molecule has 0 aliphatic carbocycles. The van der Waals surface area contributed by atoms with Crippen molar-refractivity contribution >= 4 is 17.3 Å². The minimum absolute atomic E-state index is 0.174. The average Bonchev–Trinajstić information content (AvgIpc) is 2.98. The number of nitrogens with zero attached hydrogens (tertiary/aromatic N) is 3. The van der Waals surface area contributed by atoms with Gasteiger partial charge in [0.05, 0.1) is 11.9 Å². The van der Waals surface area contributed by atoms with Gasteiger partial charge in [-0.3, -0.25) is 4.79 Å². The lowest BCUT2D eigenvalue weighted by Gasteiger charge is -2.26. The molecule has 2 fully saturated rings. The van der Waals surface area contributed by atoms with Crippen LogP contribution in [0.3, 0.4) is 0 Å². The van der Waals surface area contributed by atoms with E-state index in [9.17, 15) is 4.79 Å². The number of aromatic nitrogens is 2. The highest BCUT2D eigenvalue weighted by atomic mass is 35.5. The Morgan fingerprint density at radius 1 is 1.50 bits per heavy atom. The lowest BCUT2D eigenvalue weighted by atomic mass is 10.1. The molecule has 3 heterocycles. The van der Waals surface area contributed by atoms with Gasteiger partial charge in [-0.15, -0.1) is 0 Å². The summed E-state index contributed by atoms with van der Waals surface area (Å²) in [5, 5.41) is 8.02. The Bertz CT molecular complexity index is 557. The maximum Gasteiger partial charge on any atom is 0.287 e. The first kappa shape index (κ1) is 13.9. The molecule has 6 heteroatoms. The zero-order valence-electron chi connectivity index (χ0n) is 12.0. The van der Waals surface area contributed by atoms with Gasteiger partial charge < -0.3 is 10.2 Å². The molecule has 0 bridgehead atoms. The Labute approximate surface area is 123 Å². The molecule has 2 aliphatic heterocycles. The number of hydrogen-bond acceptors (Lipinski definition) is 4. The number of hydrogen-bond donors (Lipinski definition) is 1. The summed E-state index contributed by atoms with van der Waals surface area (Å²) in [6.45, 7) is 7.72. The smallest absolute Gasteiger partial charge is 0.287 e. The second-order valence-corrected chi connectivity index (χ2v) is 6.57. The molecule has 5 nitrogen and oxygen atoms in total. The van der Waals surface area contributed by atoms with Crippen molar-refractivity contribution in [3.63, 3.8) is 0 Å². The molecule has 2 atom stereocenters. The maximum absolute atomic E-state index is 12.3. The lowest BCUT2D eigenvalue weighted by molar-refractivity contribution is 0.463. The third-order valence-electron chi connectivity index (χ3n) is 4.26. The van der Waals surface area contributed by atoms with Gasteiger partial charge in [-0.05, 0) is 18.3 Å². The summed E-state index contributed by atoms with van der Waals surface area (Å²) < 4.78 is 1.47. The van der Waals surface area contributed by atoms with Gasteiger partial charge in [-0.25, -0.2) is 4.68 Å². The summed E-state index contributed by atoms with van der Waals surface area (Å²) >= 11 is 6.32. The fraction of sp³-hybridized carbons (Fsp3) is 0.714. The SMILES string of the molecule is CC(C)Cn1ncc(N2CC[C@H]3CNC[C@H]32)c(Cl)c1=O. The van der Waals surface area contributed by atoms with Crippen LogP contribution in [-0.2, 0) is 6.54 Å². The van der Waals surface area contributed by atoms with Crippen molar-refractivity contribution in [2.75, 3.05) is 24.5 Å². The molecule has 1 N–H and O–H groups in total. The van der Waals surface area contributed by atoms with E-state index in [2.05, 4.69) is 29.2 Å². The second kappa shape index (κ2) is 5.37. The molecular formula is C14H21ClN4O. The van der Waals surface area contributed by atoms with Crippen LogP contribution >= 0.6 is 11.6 Å².